The fraction of sp³-hybridized carbons (Fsp3) is 0.500. The summed E-state index contributed by atoms with van der Waals surface area (Å²) in [5.74, 6) is -0.318. The van der Waals surface area contributed by atoms with E-state index < -0.39 is 17.1 Å². The van der Waals surface area contributed by atoms with Crippen molar-refractivity contribution in [1.29, 1.82) is 0 Å². The Morgan fingerprint density at radius 3 is 2.18 bits per heavy atom. The molecule has 2 atom stereocenters. The van der Waals surface area contributed by atoms with E-state index in [0.717, 1.165) is 5.56 Å². The van der Waals surface area contributed by atoms with Crippen molar-refractivity contribution < 1.29 is 14.7 Å². The minimum atomic E-state index is -1.07. The van der Waals surface area contributed by atoms with Crippen molar-refractivity contribution in [3.05, 3.63) is 70.2 Å². The number of likely N-dealkylation sites (tertiary alicyclic amines) is 1. The number of fused-ring (bicyclic) bond motifs is 1. The highest BCUT2D eigenvalue weighted by atomic mass is 35.5. The van der Waals surface area contributed by atoms with Gasteiger partial charge in [-0.05, 0) is 54.0 Å². The molecular formula is C28H35ClN2O3. The van der Waals surface area contributed by atoms with E-state index in [1.165, 1.54) is 11.1 Å². The van der Waals surface area contributed by atoms with Crippen LogP contribution in [0.3, 0.4) is 0 Å². The van der Waals surface area contributed by atoms with E-state index in [4.69, 9.17) is 11.6 Å². The predicted octanol–water partition coefficient (Wildman–Crippen LogP) is 4.34. The third kappa shape index (κ3) is 4.60. The van der Waals surface area contributed by atoms with Crippen LogP contribution < -0.4 is 5.32 Å². The number of aliphatic hydroxyl groups is 1. The van der Waals surface area contributed by atoms with Gasteiger partial charge in [-0.3, -0.25) is 9.59 Å². The van der Waals surface area contributed by atoms with E-state index in [1.54, 1.807) is 17.0 Å². The summed E-state index contributed by atoms with van der Waals surface area (Å²) < 4.78 is 0. The van der Waals surface area contributed by atoms with Crippen molar-refractivity contribution in [1.82, 2.24) is 10.2 Å². The monoisotopic (exact) mass is 482 g/mol. The number of halogens is 1. The summed E-state index contributed by atoms with van der Waals surface area (Å²) in [4.78, 5) is 28.5. The minimum Gasteiger partial charge on any atom is -0.384 e. The highest BCUT2D eigenvalue weighted by molar-refractivity contribution is 6.30. The van der Waals surface area contributed by atoms with Gasteiger partial charge in [-0.15, -0.1) is 0 Å². The van der Waals surface area contributed by atoms with E-state index in [9.17, 15) is 14.7 Å². The Morgan fingerprint density at radius 2 is 1.65 bits per heavy atom. The molecule has 2 amide bonds. The first-order valence-electron chi connectivity index (χ1n) is 12.2. The van der Waals surface area contributed by atoms with Crippen LogP contribution in [0.15, 0.2) is 48.5 Å². The molecule has 1 aliphatic carbocycles. The first-order valence-corrected chi connectivity index (χ1v) is 12.5. The second-order valence-electron chi connectivity index (χ2n) is 10.9. The van der Waals surface area contributed by atoms with Crippen molar-refractivity contribution in [2.75, 3.05) is 13.1 Å². The molecule has 4 rings (SSSR count). The van der Waals surface area contributed by atoms with Crippen molar-refractivity contribution in [3.8, 4) is 0 Å². The Hall–Kier alpha value is -2.37. The number of hydrogen-bond acceptors (Lipinski definition) is 3. The molecule has 0 saturated carbocycles. The van der Waals surface area contributed by atoms with Crippen molar-refractivity contribution in [2.45, 2.75) is 58.6 Å². The van der Waals surface area contributed by atoms with Crippen LogP contribution in [-0.2, 0) is 28.0 Å². The zero-order valence-corrected chi connectivity index (χ0v) is 21.2. The van der Waals surface area contributed by atoms with E-state index in [0.29, 0.717) is 37.4 Å². The molecule has 0 radical (unpaired) electrons. The van der Waals surface area contributed by atoms with Gasteiger partial charge in [-0.1, -0.05) is 75.7 Å². The normalized spacial score (nSPS) is 23.0. The van der Waals surface area contributed by atoms with Crippen LogP contribution in [0, 0.1) is 17.3 Å². The Balaban J connectivity index is 1.45. The number of nitrogens with zero attached hydrogens (tertiary/aromatic N) is 1. The quantitative estimate of drug-likeness (QED) is 0.666. The number of carbonyl (C=O) groups excluding carboxylic acids is 2. The van der Waals surface area contributed by atoms with E-state index in [1.807, 2.05) is 52.0 Å². The molecule has 182 valence electrons. The second-order valence-corrected chi connectivity index (χ2v) is 11.3. The fourth-order valence-corrected chi connectivity index (χ4v) is 5.62. The van der Waals surface area contributed by atoms with Crippen molar-refractivity contribution in [3.63, 3.8) is 0 Å². The number of carbonyl (C=O) groups is 2. The minimum absolute atomic E-state index is 0.0413. The molecule has 1 heterocycles. The lowest BCUT2D eigenvalue weighted by molar-refractivity contribution is -0.157. The van der Waals surface area contributed by atoms with E-state index >= 15 is 0 Å². The third-order valence-electron chi connectivity index (χ3n) is 7.74. The molecule has 1 saturated heterocycles. The molecule has 0 bridgehead atoms. The predicted molar refractivity (Wildman–Crippen MR) is 134 cm³/mol. The summed E-state index contributed by atoms with van der Waals surface area (Å²) in [6.07, 6.45) is 1.85. The summed E-state index contributed by atoms with van der Waals surface area (Å²) in [5, 5.41) is 15.3. The lowest BCUT2D eigenvalue weighted by Crippen LogP contribution is -2.60. The highest BCUT2D eigenvalue weighted by Gasteiger charge is 2.50. The first kappa shape index (κ1) is 24.7. The van der Waals surface area contributed by atoms with E-state index in [-0.39, 0.29) is 23.7 Å². The first-order chi connectivity index (χ1) is 16.0. The molecule has 34 heavy (non-hydrogen) atoms. The zero-order chi connectivity index (χ0) is 24.7. The molecule has 6 heteroatoms. The number of benzene rings is 2. The molecule has 2 aromatic carbocycles. The van der Waals surface area contributed by atoms with Crippen LogP contribution in [0.4, 0.5) is 0 Å². The maximum atomic E-state index is 13.6. The Morgan fingerprint density at radius 1 is 1.06 bits per heavy atom. The Labute approximate surface area is 207 Å². The number of rotatable bonds is 5. The molecule has 0 spiro atoms. The molecule has 2 aromatic rings. The second kappa shape index (κ2) is 9.35. The van der Waals surface area contributed by atoms with Crippen LogP contribution >= 0.6 is 11.6 Å². The number of hydrogen-bond donors (Lipinski definition) is 2. The lowest BCUT2D eigenvalue weighted by Gasteiger charge is -2.51. The van der Waals surface area contributed by atoms with Crippen LogP contribution in [0.25, 0.3) is 0 Å². The van der Waals surface area contributed by atoms with Gasteiger partial charge in [0.15, 0.2) is 0 Å². The average molecular weight is 483 g/mol. The SMILES string of the molecule is CC(C)[C@@H](NC(=O)C1Cc2ccccc2C1)C(=O)N1CC[C@](O)(c2ccc(Cl)cc2)C(C)(C)C1. The van der Waals surface area contributed by atoms with Crippen LogP contribution in [0.5, 0.6) is 0 Å². The highest BCUT2D eigenvalue weighted by Crippen LogP contribution is 2.46. The Bertz CT molecular complexity index is 1040. The smallest absolute Gasteiger partial charge is 0.245 e. The topological polar surface area (TPSA) is 69.6 Å². The van der Waals surface area contributed by atoms with Crippen molar-refractivity contribution in [2.24, 2.45) is 17.3 Å². The number of nitrogens with one attached hydrogen (secondary N) is 1. The van der Waals surface area contributed by atoms with Gasteiger partial charge in [0.05, 0.1) is 5.60 Å². The van der Waals surface area contributed by atoms with Crippen LogP contribution in [0.2, 0.25) is 5.02 Å². The summed E-state index contributed by atoms with van der Waals surface area (Å²) in [6.45, 7) is 8.73. The van der Waals surface area contributed by atoms with E-state index in [2.05, 4.69) is 17.4 Å². The zero-order valence-electron chi connectivity index (χ0n) is 20.5. The molecule has 1 fully saturated rings. The molecular weight excluding hydrogens is 448 g/mol. The molecule has 2 N–H and O–H groups in total. The van der Waals surface area contributed by atoms with Gasteiger partial charge in [0.1, 0.15) is 6.04 Å². The van der Waals surface area contributed by atoms with Gasteiger partial charge in [0.25, 0.3) is 0 Å². The summed E-state index contributed by atoms with van der Waals surface area (Å²) in [7, 11) is 0. The summed E-state index contributed by atoms with van der Waals surface area (Å²) in [6, 6.07) is 14.9. The summed E-state index contributed by atoms with van der Waals surface area (Å²) >= 11 is 6.04. The maximum Gasteiger partial charge on any atom is 0.245 e. The summed E-state index contributed by atoms with van der Waals surface area (Å²) in [5.41, 5.74) is 1.60. The molecule has 0 aromatic heterocycles. The standard InChI is InChI=1S/C28H35ClN2O3/c1-18(2)24(30-25(32)21-15-19-7-5-6-8-20(19)16-21)26(33)31-14-13-28(34,27(3,4)17-31)22-9-11-23(29)12-10-22/h5-12,18,21,24,34H,13-17H2,1-4H3,(H,30,32)/t24-,28+/m1/s1. The van der Waals surface area contributed by atoms with Crippen molar-refractivity contribution >= 4 is 23.4 Å². The number of piperidine rings is 1. The molecule has 1 aliphatic heterocycles. The Kier molecular flexibility index (Phi) is 6.80. The van der Waals surface area contributed by atoms with Gasteiger partial charge < -0.3 is 15.3 Å². The fourth-order valence-electron chi connectivity index (χ4n) is 5.50. The average Bonchev–Trinajstić information content (AvgIpc) is 3.23. The van der Waals surface area contributed by atoms with Gasteiger partial charge in [-0.2, -0.15) is 0 Å². The largest absolute Gasteiger partial charge is 0.384 e. The third-order valence-corrected chi connectivity index (χ3v) is 7.99. The number of amides is 2. The van der Waals surface area contributed by atoms with Gasteiger partial charge in [0, 0.05) is 29.4 Å². The van der Waals surface area contributed by atoms with Crippen LogP contribution in [-0.4, -0.2) is 41.0 Å². The molecule has 5 nitrogen and oxygen atoms in total. The van der Waals surface area contributed by atoms with Gasteiger partial charge in [-0.25, -0.2) is 0 Å². The lowest BCUT2D eigenvalue weighted by atomic mass is 9.66. The maximum absolute atomic E-state index is 13.6. The van der Waals surface area contributed by atoms with Crippen LogP contribution in [0.1, 0.15) is 50.8 Å². The van der Waals surface area contributed by atoms with Gasteiger partial charge in [0.2, 0.25) is 11.8 Å². The van der Waals surface area contributed by atoms with Gasteiger partial charge >= 0.3 is 0 Å². The molecule has 0 unspecified atom stereocenters. The molecule has 2 aliphatic rings.